The highest BCUT2D eigenvalue weighted by molar-refractivity contribution is 7.99. The Morgan fingerprint density at radius 1 is 0.923 bits per heavy atom. The first-order chi connectivity index (χ1) is 19.0. The van der Waals surface area contributed by atoms with Crippen LogP contribution >= 0.6 is 11.8 Å². The highest BCUT2D eigenvalue weighted by Crippen LogP contribution is 2.27. The number of nitrogens with zero attached hydrogens (tertiary/aromatic N) is 6. The predicted molar refractivity (Wildman–Crippen MR) is 155 cm³/mol. The van der Waals surface area contributed by atoms with Crippen LogP contribution < -0.4 is 0 Å². The van der Waals surface area contributed by atoms with Gasteiger partial charge in [0.05, 0.1) is 10.4 Å². The smallest absolute Gasteiger partial charge is 0.243 e. The molecule has 0 atom stereocenters. The van der Waals surface area contributed by atoms with Crippen molar-refractivity contribution in [1.82, 2.24) is 29.0 Å². The molecule has 0 N–H and O–H groups in total. The summed E-state index contributed by atoms with van der Waals surface area (Å²) in [4.78, 5) is 7.36. The largest absolute Gasteiger partial charge is 0.305 e. The first kappa shape index (κ1) is 26.4. The molecule has 2 aliphatic rings. The average Bonchev–Trinajstić information content (AvgIpc) is 3.58. The third kappa shape index (κ3) is 5.61. The molecule has 1 fully saturated rings. The van der Waals surface area contributed by atoms with E-state index in [0.29, 0.717) is 18.0 Å². The minimum absolute atomic E-state index is 0.455. The molecule has 0 saturated carbocycles. The van der Waals surface area contributed by atoms with Crippen LogP contribution in [0.1, 0.15) is 30.4 Å². The van der Waals surface area contributed by atoms with Crippen molar-refractivity contribution in [2.75, 3.05) is 38.5 Å². The highest BCUT2D eigenvalue weighted by Gasteiger charge is 2.28. The fourth-order valence-electron chi connectivity index (χ4n) is 5.57. The molecule has 2 aliphatic heterocycles. The Morgan fingerprint density at radius 3 is 2.59 bits per heavy atom. The summed E-state index contributed by atoms with van der Waals surface area (Å²) in [7, 11) is -1.35. The molecular weight excluding hydrogens is 528 g/mol. The summed E-state index contributed by atoms with van der Waals surface area (Å²) in [6.45, 7) is 4.25. The Kier molecular flexibility index (Phi) is 7.70. The second-order valence-corrected chi connectivity index (χ2v) is 13.4. The van der Waals surface area contributed by atoms with Gasteiger partial charge in [-0.15, -0.1) is 10.2 Å². The van der Waals surface area contributed by atoms with E-state index >= 15 is 0 Å². The molecule has 1 saturated heterocycles. The van der Waals surface area contributed by atoms with E-state index in [0.717, 1.165) is 84.9 Å². The van der Waals surface area contributed by atoms with Crippen LogP contribution in [0, 0.1) is 0 Å². The first-order valence-electron chi connectivity index (χ1n) is 13.7. The number of hydrogen-bond donors (Lipinski definition) is 0. The molecule has 0 radical (unpaired) electrons. The van der Waals surface area contributed by atoms with Crippen molar-refractivity contribution < 1.29 is 8.42 Å². The van der Waals surface area contributed by atoms with Gasteiger partial charge in [0.2, 0.25) is 10.0 Å². The number of pyridine rings is 1. The Bertz CT molecular complexity index is 1580. The Labute approximate surface area is 234 Å². The van der Waals surface area contributed by atoms with Gasteiger partial charge < -0.3 is 9.47 Å². The molecule has 6 rings (SSSR count). The maximum absolute atomic E-state index is 13.0. The van der Waals surface area contributed by atoms with Crippen molar-refractivity contribution in [1.29, 1.82) is 0 Å². The van der Waals surface area contributed by atoms with E-state index in [-0.39, 0.29) is 0 Å². The van der Waals surface area contributed by atoms with Crippen molar-refractivity contribution in [2.45, 2.75) is 42.2 Å². The fraction of sp³-hybridized carbons (Fsp3) is 0.414. The summed E-state index contributed by atoms with van der Waals surface area (Å²) >= 11 is 1.74. The summed E-state index contributed by atoms with van der Waals surface area (Å²) in [5.41, 5.74) is 4.48. The second kappa shape index (κ2) is 11.4. The molecule has 0 amide bonds. The minimum Gasteiger partial charge on any atom is -0.305 e. The molecule has 0 bridgehead atoms. The van der Waals surface area contributed by atoms with E-state index in [9.17, 15) is 8.42 Å². The number of fused-ring (bicyclic) bond motifs is 2. The number of benzene rings is 2. The Morgan fingerprint density at radius 2 is 1.74 bits per heavy atom. The lowest BCUT2D eigenvalue weighted by Crippen LogP contribution is -2.28. The Hall–Kier alpha value is -2.79. The zero-order valence-corrected chi connectivity index (χ0v) is 23.9. The van der Waals surface area contributed by atoms with Gasteiger partial charge in [-0.1, -0.05) is 23.9 Å². The molecule has 204 valence electrons. The average molecular weight is 563 g/mol. The molecule has 10 heteroatoms. The van der Waals surface area contributed by atoms with Gasteiger partial charge in [-0.05, 0) is 86.2 Å². The maximum Gasteiger partial charge on any atom is 0.243 e. The van der Waals surface area contributed by atoms with Gasteiger partial charge in [0, 0.05) is 56.1 Å². The Balaban J connectivity index is 1.02. The molecule has 2 aromatic heterocycles. The lowest BCUT2D eigenvalue weighted by molar-refractivity contribution is 0.289. The van der Waals surface area contributed by atoms with E-state index < -0.39 is 10.0 Å². The van der Waals surface area contributed by atoms with E-state index in [1.165, 1.54) is 11.1 Å². The van der Waals surface area contributed by atoms with Crippen molar-refractivity contribution in [3.63, 3.8) is 0 Å². The van der Waals surface area contributed by atoms with Crippen molar-refractivity contribution in [3.05, 3.63) is 65.9 Å². The standard InChI is InChI=1S/C29H34N6O2S2/c1-33-28(25-8-10-27-24(20-25)6-4-13-30-27)31-32-29(33)38-19-5-14-34-17-11-22-7-9-26(21-23(22)12-18-34)39(36,37)35-15-2-3-16-35/h4,6-10,13,20-21H,2-3,5,11-12,14-19H2,1H3. The molecular formula is C29H34N6O2S2. The second-order valence-electron chi connectivity index (χ2n) is 10.4. The molecule has 8 nitrogen and oxygen atoms in total. The molecule has 2 aromatic carbocycles. The molecule has 0 unspecified atom stereocenters. The summed E-state index contributed by atoms with van der Waals surface area (Å²) < 4.78 is 29.7. The van der Waals surface area contributed by atoms with Crippen LogP contribution in [0.25, 0.3) is 22.3 Å². The SMILES string of the molecule is Cn1c(SCCCN2CCc3ccc(S(=O)(=O)N4CCCC4)cc3CC2)nnc1-c1ccc2ncccc2c1. The molecule has 0 aliphatic carbocycles. The lowest BCUT2D eigenvalue weighted by atomic mass is 10.0. The van der Waals surface area contributed by atoms with Crippen LogP contribution in [0.5, 0.6) is 0 Å². The van der Waals surface area contributed by atoms with E-state index in [1.54, 1.807) is 16.1 Å². The number of thioether (sulfide) groups is 1. The van der Waals surface area contributed by atoms with Gasteiger partial charge in [-0.2, -0.15) is 4.31 Å². The van der Waals surface area contributed by atoms with Gasteiger partial charge in [0.25, 0.3) is 0 Å². The topological polar surface area (TPSA) is 84.2 Å². The lowest BCUT2D eigenvalue weighted by Gasteiger charge is -2.19. The van der Waals surface area contributed by atoms with Crippen LogP contribution in [0.4, 0.5) is 0 Å². The minimum atomic E-state index is -3.37. The van der Waals surface area contributed by atoms with E-state index in [2.05, 4.69) is 42.8 Å². The third-order valence-electron chi connectivity index (χ3n) is 7.82. The number of rotatable bonds is 8. The molecule has 0 spiro atoms. The third-order valence-corrected chi connectivity index (χ3v) is 10.8. The van der Waals surface area contributed by atoms with Crippen molar-refractivity contribution in [3.8, 4) is 11.4 Å². The fourth-order valence-corrected chi connectivity index (χ4v) is 7.97. The van der Waals surface area contributed by atoms with E-state index in [1.807, 2.05) is 43.6 Å². The predicted octanol–water partition coefficient (Wildman–Crippen LogP) is 4.40. The molecule has 4 heterocycles. The maximum atomic E-state index is 13.0. The van der Waals surface area contributed by atoms with Crippen LogP contribution in [-0.4, -0.2) is 75.8 Å². The van der Waals surface area contributed by atoms with Crippen LogP contribution in [0.15, 0.2) is 64.8 Å². The quantitative estimate of drug-likeness (QED) is 0.233. The number of hydrogen-bond acceptors (Lipinski definition) is 7. The summed E-state index contributed by atoms with van der Waals surface area (Å²) in [6.07, 6.45) is 6.62. The summed E-state index contributed by atoms with van der Waals surface area (Å²) in [5.74, 6) is 1.83. The number of sulfonamides is 1. The normalized spacial score (nSPS) is 16.9. The molecule has 4 aromatic rings. The highest BCUT2D eigenvalue weighted by atomic mass is 32.2. The van der Waals surface area contributed by atoms with Crippen molar-refractivity contribution in [2.24, 2.45) is 7.05 Å². The van der Waals surface area contributed by atoms with Gasteiger partial charge in [-0.25, -0.2) is 8.42 Å². The van der Waals surface area contributed by atoms with Gasteiger partial charge in [-0.3, -0.25) is 4.98 Å². The summed E-state index contributed by atoms with van der Waals surface area (Å²) in [5, 5.41) is 10.9. The van der Waals surface area contributed by atoms with Gasteiger partial charge in [0.1, 0.15) is 0 Å². The summed E-state index contributed by atoms with van der Waals surface area (Å²) in [6, 6.07) is 16.0. The van der Waals surface area contributed by atoms with Gasteiger partial charge >= 0.3 is 0 Å². The van der Waals surface area contributed by atoms with Crippen molar-refractivity contribution >= 4 is 32.7 Å². The van der Waals surface area contributed by atoms with Crippen LogP contribution in [-0.2, 0) is 29.9 Å². The zero-order valence-electron chi connectivity index (χ0n) is 22.3. The van der Waals surface area contributed by atoms with Crippen LogP contribution in [0.3, 0.4) is 0 Å². The zero-order chi connectivity index (χ0) is 26.8. The first-order valence-corrected chi connectivity index (χ1v) is 16.1. The van der Waals surface area contributed by atoms with E-state index in [4.69, 9.17) is 0 Å². The van der Waals surface area contributed by atoms with Crippen LogP contribution in [0.2, 0.25) is 0 Å². The monoisotopic (exact) mass is 562 g/mol. The number of aromatic nitrogens is 4. The molecule has 39 heavy (non-hydrogen) atoms. The van der Waals surface area contributed by atoms with Gasteiger partial charge in [0.15, 0.2) is 11.0 Å².